The molecule has 0 aliphatic heterocycles. The summed E-state index contributed by atoms with van der Waals surface area (Å²) in [6.45, 7) is 9.96. The second-order valence-electron chi connectivity index (χ2n) is 7.65. The van der Waals surface area contributed by atoms with Crippen LogP contribution in [0.3, 0.4) is 0 Å². The molecule has 0 spiro atoms. The van der Waals surface area contributed by atoms with Crippen LogP contribution in [-0.2, 0) is 15.4 Å². The molecule has 5 nitrogen and oxygen atoms in total. The summed E-state index contributed by atoms with van der Waals surface area (Å²) in [4.78, 5) is 0.196. The van der Waals surface area contributed by atoms with Gasteiger partial charge in [-0.15, -0.1) is 0 Å². The van der Waals surface area contributed by atoms with E-state index >= 15 is 0 Å². The molecule has 0 fully saturated rings. The third-order valence-corrected chi connectivity index (χ3v) is 6.01. The molecule has 0 aliphatic rings. The molecule has 0 amide bonds. The third-order valence-electron chi connectivity index (χ3n) is 4.62. The lowest BCUT2D eigenvalue weighted by Gasteiger charge is -2.19. The Bertz CT molecular complexity index is 1060. The van der Waals surface area contributed by atoms with E-state index in [4.69, 9.17) is 4.52 Å². The van der Waals surface area contributed by atoms with Gasteiger partial charge in [-0.3, -0.25) is 0 Å². The van der Waals surface area contributed by atoms with Crippen molar-refractivity contribution in [2.24, 2.45) is 0 Å². The van der Waals surface area contributed by atoms with Gasteiger partial charge in [0.1, 0.15) is 0 Å². The first-order chi connectivity index (χ1) is 12.6. The van der Waals surface area contributed by atoms with Crippen LogP contribution < -0.4 is 4.72 Å². The molecule has 0 radical (unpaired) electrons. The van der Waals surface area contributed by atoms with Gasteiger partial charge in [-0.1, -0.05) is 68.4 Å². The monoisotopic (exact) mass is 384 g/mol. The Hall–Kier alpha value is -2.60. The van der Waals surface area contributed by atoms with E-state index in [1.165, 1.54) is 5.56 Å². The summed E-state index contributed by atoms with van der Waals surface area (Å²) in [6, 6.07) is 14.9. The second-order valence-corrected chi connectivity index (χ2v) is 9.30. The first-order valence-electron chi connectivity index (χ1n) is 8.75. The predicted molar refractivity (Wildman–Crippen MR) is 107 cm³/mol. The summed E-state index contributed by atoms with van der Waals surface area (Å²) in [6.07, 6.45) is 0. The Balaban J connectivity index is 2.02. The van der Waals surface area contributed by atoms with Gasteiger partial charge in [0.25, 0.3) is 10.0 Å². The van der Waals surface area contributed by atoms with Crippen LogP contribution in [0.2, 0.25) is 0 Å². The van der Waals surface area contributed by atoms with Crippen LogP contribution in [-0.4, -0.2) is 13.6 Å². The van der Waals surface area contributed by atoms with E-state index < -0.39 is 10.0 Å². The summed E-state index contributed by atoms with van der Waals surface area (Å²) < 4.78 is 33.6. The lowest BCUT2D eigenvalue weighted by molar-refractivity contribution is 0.430. The average Bonchev–Trinajstić information content (AvgIpc) is 2.93. The highest BCUT2D eigenvalue weighted by molar-refractivity contribution is 7.92. The zero-order chi connectivity index (χ0) is 19.8. The molecule has 0 bridgehead atoms. The molecule has 3 rings (SSSR count). The van der Waals surface area contributed by atoms with E-state index in [0.717, 1.165) is 5.56 Å². The summed E-state index contributed by atoms with van der Waals surface area (Å²) in [5, 5.41) is 3.81. The van der Waals surface area contributed by atoms with Crippen molar-refractivity contribution in [2.45, 2.75) is 44.9 Å². The number of hydrogen-bond donors (Lipinski definition) is 1. The van der Waals surface area contributed by atoms with Crippen LogP contribution in [0, 0.1) is 13.8 Å². The number of sulfonamides is 1. The molecule has 142 valence electrons. The lowest BCUT2D eigenvalue weighted by atomic mass is 9.86. The molecule has 0 unspecified atom stereocenters. The van der Waals surface area contributed by atoms with Gasteiger partial charge in [-0.05, 0) is 36.5 Å². The van der Waals surface area contributed by atoms with Crippen molar-refractivity contribution < 1.29 is 12.9 Å². The Morgan fingerprint density at radius 1 is 0.963 bits per heavy atom. The van der Waals surface area contributed by atoms with Gasteiger partial charge in [-0.25, -0.2) is 13.1 Å². The standard InChI is InChI=1S/C21H24N2O3S/c1-14-15(2)22-26-20(14)23-27(24,25)19-9-7-6-8-18(19)16-10-12-17(13-11-16)21(3,4)5/h6-13,23H,1-5H3. The topological polar surface area (TPSA) is 72.2 Å². The minimum atomic E-state index is -3.82. The van der Waals surface area contributed by atoms with Crippen molar-refractivity contribution in [1.82, 2.24) is 5.16 Å². The van der Waals surface area contributed by atoms with E-state index in [9.17, 15) is 8.42 Å². The molecule has 3 aromatic rings. The van der Waals surface area contributed by atoms with Crippen LogP contribution >= 0.6 is 0 Å². The molecule has 2 aromatic carbocycles. The maximum absolute atomic E-state index is 13.0. The molecule has 6 heteroatoms. The number of aryl methyl sites for hydroxylation is 1. The Morgan fingerprint density at radius 3 is 2.15 bits per heavy atom. The Morgan fingerprint density at radius 2 is 1.59 bits per heavy atom. The second kappa shape index (κ2) is 6.85. The molecule has 27 heavy (non-hydrogen) atoms. The van der Waals surface area contributed by atoms with Gasteiger partial charge in [0.15, 0.2) is 0 Å². The van der Waals surface area contributed by atoms with Gasteiger partial charge in [0.2, 0.25) is 5.88 Å². The fraction of sp³-hybridized carbons (Fsp3) is 0.286. The van der Waals surface area contributed by atoms with Crippen molar-refractivity contribution in [3.63, 3.8) is 0 Å². The SMILES string of the molecule is Cc1noc(NS(=O)(=O)c2ccccc2-c2ccc(C(C)(C)C)cc2)c1C. The maximum atomic E-state index is 13.0. The summed E-state index contributed by atoms with van der Waals surface area (Å²) in [5.74, 6) is 0.144. The van der Waals surface area contributed by atoms with Crippen molar-refractivity contribution in [3.05, 3.63) is 65.4 Å². The van der Waals surface area contributed by atoms with Crippen LogP contribution in [0.15, 0.2) is 57.9 Å². The minimum Gasteiger partial charge on any atom is -0.337 e. The van der Waals surface area contributed by atoms with Gasteiger partial charge < -0.3 is 4.52 Å². The lowest BCUT2D eigenvalue weighted by Crippen LogP contribution is -2.14. The van der Waals surface area contributed by atoms with E-state index in [1.54, 1.807) is 32.0 Å². The summed E-state index contributed by atoms with van der Waals surface area (Å²) >= 11 is 0. The highest BCUT2D eigenvalue weighted by Crippen LogP contribution is 2.31. The minimum absolute atomic E-state index is 0.0351. The van der Waals surface area contributed by atoms with Crippen molar-refractivity contribution in [2.75, 3.05) is 4.72 Å². The molecule has 0 atom stereocenters. The molecule has 1 heterocycles. The smallest absolute Gasteiger partial charge is 0.264 e. The van der Waals surface area contributed by atoms with E-state index in [-0.39, 0.29) is 16.2 Å². The number of rotatable bonds is 4. The average molecular weight is 385 g/mol. The van der Waals surface area contributed by atoms with E-state index in [0.29, 0.717) is 16.8 Å². The fourth-order valence-electron chi connectivity index (χ4n) is 2.78. The predicted octanol–water partition coefficient (Wildman–Crippen LogP) is 5.06. The molecule has 0 aliphatic carbocycles. The first-order valence-corrected chi connectivity index (χ1v) is 10.2. The number of anilines is 1. The van der Waals surface area contributed by atoms with Crippen molar-refractivity contribution >= 4 is 15.9 Å². The largest absolute Gasteiger partial charge is 0.337 e. The van der Waals surface area contributed by atoms with Crippen LogP contribution in [0.1, 0.15) is 37.6 Å². The quantitative estimate of drug-likeness (QED) is 0.683. The third kappa shape index (κ3) is 3.90. The molecule has 0 saturated carbocycles. The summed E-state index contributed by atoms with van der Waals surface area (Å²) in [5.41, 5.74) is 4.03. The summed E-state index contributed by atoms with van der Waals surface area (Å²) in [7, 11) is -3.82. The highest BCUT2D eigenvalue weighted by Gasteiger charge is 2.23. The highest BCUT2D eigenvalue weighted by atomic mass is 32.2. The zero-order valence-corrected chi connectivity index (χ0v) is 17.0. The van der Waals surface area contributed by atoms with Gasteiger partial charge in [-0.2, -0.15) is 0 Å². The maximum Gasteiger partial charge on any atom is 0.264 e. The van der Waals surface area contributed by atoms with Crippen molar-refractivity contribution in [1.29, 1.82) is 0 Å². The van der Waals surface area contributed by atoms with Crippen LogP contribution in [0.25, 0.3) is 11.1 Å². The molecule has 1 N–H and O–H groups in total. The number of benzene rings is 2. The fourth-order valence-corrected chi connectivity index (χ4v) is 4.05. The molecule has 0 saturated heterocycles. The number of nitrogens with zero attached hydrogens (tertiary/aromatic N) is 1. The van der Waals surface area contributed by atoms with Crippen LogP contribution in [0.5, 0.6) is 0 Å². The zero-order valence-electron chi connectivity index (χ0n) is 16.2. The van der Waals surface area contributed by atoms with E-state index in [1.807, 2.05) is 30.3 Å². The first kappa shape index (κ1) is 19.2. The van der Waals surface area contributed by atoms with Crippen LogP contribution in [0.4, 0.5) is 5.88 Å². The molecule has 1 aromatic heterocycles. The van der Waals surface area contributed by atoms with E-state index in [2.05, 4.69) is 30.6 Å². The Labute approximate surface area is 160 Å². The molecular formula is C21H24N2O3S. The van der Waals surface area contributed by atoms with Gasteiger partial charge in [0, 0.05) is 11.1 Å². The Kier molecular flexibility index (Phi) is 4.86. The number of hydrogen-bond acceptors (Lipinski definition) is 4. The number of aromatic nitrogens is 1. The molecular weight excluding hydrogens is 360 g/mol. The van der Waals surface area contributed by atoms with Gasteiger partial charge >= 0.3 is 0 Å². The van der Waals surface area contributed by atoms with Crippen molar-refractivity contribution in [3.8, 4) is 11.1 Å². The number of nitrogens with one attached hydrogen (secondary N) is 1. The van der Waals surface area contributed by atoms with Gasteiger partial charge in [0.05, 0.1) is 10.6 Å². The normalized spacial score (nSPS) is 12.2.